The maximum Gasteiger partial charge on any atom is 0.296 e. The van der Waals surface area contributed by atoms with Crippen molar-refractivity contribution in [1.29, 1.82) is 0 Å². The standard InChI is InChI=1S/C22H24ClN3O5S/c1-13-4-6-15(7-5-13)32(27,28)29-11-14-10-17(19-18(14)30-22(2,3)31-19)26-9-8-16-20(23)24-12-25-21(16)26/h4-9,12,14,17-19H,10-11H2,1-3H3/t14-,17-,18-,19+/m1/s1. The summed E-state index contributed by atoms with van der Waals surface area (Å²) < 4.78 is 45.3. The van der Waals surface area contributed by atoms with E-state index in [0.717, 1.165) is 10.9 Å². The molecule has 0 bridgehead atoms. The molecular weight excluding hydrogens is 454 g/mol. The third kappa shape index (κ3) is 3.82. The van der Waals surface area contributed by atoms with E-state index in [2.05, 4.69) is 9.97 Å². The molecule has 3 aromatic rings. The SMILES string of the molecule is Cc1ccc(S(=O)(=O)OC[C@H]2C[C@@H](n3ccc4c(Cl)ncnc43)[C@@H]3OC(C)(C)O[C@H]23)cc1. The Labute approximate surface area is 191 Å². The zero-order valence-corrected chi connectivity index (χ0v) is 19.5. The Morgan fingerprint density at radius 2 is 1.88 bits per heavy atom. The van der Waals surface area contributed by atoms with Crippen LogP contribution < -0.4 is 0 Å². The predicted molar refractivity (Wildman–Crippen MR) is 118 cm³/mol. The van der Waals surface area contributed by atoms with Crippen LogP contribution in [0.15, 0.2) is 47.8 Å². The van der Waals surface area contributed by atoms with Gasteiger partial charge in [0.25, 0.3) is 10.1 Å². The van der Waals surface area contributed by atoms with Crippen molar-refractivity contribution in [2.24, 2.45) is 5.92 Å². The quantitative estimate of drug-likeness (QED) is 0.406. The van der Waals surface area contributed by atoms with Crippen LogP contribution in [-0.4, -0.2) is 47.6 Å². The molecule has 0 amide bonds. The summed E-state index contributed by atoms with van der Waals surface area (Å²) in [7, 11) is -3.87. The maximum absolute atomic E-state index is 12.7. The van der Waals surface area contributed by atoms with Gasteiger partial charge in [-0.1, -0.05) is 29.3 Å². The molecular formula is C22H24ClN3O5S. The van der Waals surface area contributed by atoms with Gasteiger partial charge < -0.3 is 14.0 Å². The molecule has 3 heterocycles. The zero-order valence-electron chi connectivity index (χ0n) is 17.9. The average Bonchev–Trinajstić information content (AvgIpc) is 3.38. The minimum Gasteiger partial charge on any atom is -0.344 e. The summed E-state index contributed by atoms with van der Waals surface area (Å²) in [5.41, 5.74) is 1.68. The smallest absolute Gasteiger partial charge is 0.296 e. The molecule has 1 aromatic carbocycles. The van der Waals surface area contributed by atoms with E-state index >= 15 is 0 Å². The van der Waals surface area contributed by atoms with Crippen LogP contribution in [0.2, 0.25) is 5.15 Å². The fourth-order valence-corrected chi connectivity index (χ4v) is 5.80. The van der Waals surface area contributed by atoms with E-state index in [-0.39, 0.29) is 35.7 Å². The topological polar surface area (TPSA) is 92.5 Å². The highest BCUT2D eigenvalue weighted by Gasteiger charge is 2.55. The molecule has 0 unspecified atom stereocenters. The Bertz CT molecular complexity index is 1260. The lowest BCUT2D eigenvalue weighted by molar-refractivity contribution is -0.161. The number of hydrogen-bond donors (Lipinski definition) is 0. The number of aromatic nitrogens is 3. The van der Waals surface area contributed by atoms with Crippen LogP contribution in [0.4, 0.5) is 0 Å². The molecule has 2 aliphatic rings. The van der Waals surface area contributed by atoms with Crippen molar-refractivity contribution in [1.82, 2.24) is 14.5 Å². The van der Waals surface area contributed by atoms with E-state index in [1.807, 2.05) is 37.6 Å². The molecule has 2 aromatic heterocycles. The fraction of sp³-hybridized carbons (Fsp3) is 0.455. The van der Waals surface area contributed by atoms with E-state index in [0.29, 0.717) is 17.2 Å². The Hall–Kier alpha value is -2.04. The van der Waals surface area contributed by atoms with Gasteiger partial charge in [0, 0.05) is 12.1 Å². The number of ether oxygens (including phenoxy) is 2. The molecule has 0 spiro atoms. The molecule has 0 N–H and O–H groups in total. The second kappa shape index (κ2) is 7.78. The van der Waals surface area contributed by atoms with Crippen molar-refractivity contribution in [3.63, 3.8) is 0 Å². The number of fused-ring (bicyclic) bond motifs is 2. The third-order valence-electron chi connectivity index (χ3n) is 6.12. The van der Waals surface area contributed by atoms with Gasteiger partial charge in [-0.15, -0.1) is 0 Å². The Kier molecular flexibility index (Phi) is 5.29. The normalized spacial score (nSPS) is 27.1. The summed E-state index contributed by atoms with van der Waals surface area (Å²) in [5.74, 6) is -0.959. The molecule has 4 atom stereocenters. The van der Waals surface area contributed by atoms with Gasteiger partial charge in [-0.3, -0.25) is 4.18 Å². The van der Waals surface area contributed by atoms with Crippen LogP contribution in [0.5, 0.6) is 0 Å². The van der Waals surface area contributed by atoms with Crippen LogP contribution in [0.3, 0.4) is 0 Å². The first kappa shape index (κ1) is 21.8. The summed E-state index contributed by atoms with van der Waals surface area (Å²) in [6.45, 7) is 5.62. The number of halogens is 1. The molecule has 10 heteroatoms. The van der Waals surface area contributed by atoms with Crippen LogP contribution in [0.1, 0.15) is 31.9 Å². The molecule has 32 heavy (non-hydrogen) atoms. The summed E-state index contributed by atoms with van der Waals surface area (Å²) in [6.07, 6.45) is 3.37. The highest BCUT2D eigenvalue weighted by Crippen LogP contribution is 2.48. The van der Waals surface area contributed by atoms with Gasteiger partial charge in [-0.2, -0.15) is 8.42 Å². The van der Waals surface area contributed by atoms with Crippen molar-refractivity contribution in [3.8, 4) is 0 Å². The number of nitrogens with zero attached hydrogens (tertiary/aromatic N) is 3. The highest BCUT2D eigenvalue weighted by molar-refractivity contribution is 7.86. The molecule has 8 nitrogen and oxygen atoms in total. The van der Waals surface area contributed by atoms with Gasteiger partial charge in [0.05, 0.1) is 29.0 Å². The van der Waals surface area contributed by atoms with E-state index in [4.69, 9.17) is 25.3 Å². The number of aryl methyl sites for hydroxylation is 1. The largest absolute Gasteiger partial charge is 0.344 e. The molecule has 170 valence electrons. The molecule has 5 rings (SSSR count). The Morgan fingerprint density at radius 1 is 1.16 bits per heavy atom. The van der Waals surface area contributed by atoms with Gasteiger partial charge in [-0.25, -0.2) is 9.97 Å². The molecule has 1 saturated heterocycles. The Balaban J connectivity index is 1.41. The fourth-order valence-electron chi connectivity index (χ4n) is 4.65. The lowest BCUT2D eigenvalue weighted by Crippen LogP contribution is -2.29. The number of hydrogen-bond acceptors (Lipinski definition) is 7. The first-order chi connectivity index (χ1) is 15.1. The highest BCUT2D eigenvalue weighted by atomic mass is 35.5. The Morgan fingerprint density at radius 3 is 2.62 bits per heavy atom. The zero-order chi connectivity index (χ0) is 22.7. The van der Waals surface area contributed by atoms with E-state index in [9.17, 15) is 8.42 Å². The lowest BCUT2D eigenvalue weighted by Gasteiger charge is -2.24. The molecule has 1 aliphatic heterocycles. The van der Waals surface area contributed by atoms with Crippen molar-refractivity contribution < 1.29 is 22.1 Å². The van der Waals surface area contributed by atoms with Gasteiger partial charge in [0.2, 0.25) is 0 Å². The second-order valence-electron chi connectivity index (χ2n) is 8.80. The van der Waals surface area contributed by atoms with Crippen molar-refractivity contribution >= 4 is 32.8 Å². The predicted octanol–water partition coefficient (Wildman–Crippen LogP) is 3.88. The number of rotatable bonds is 5. The van der Waals surface area contributed by atoms with Crippen LogP contribution >= 0.6 is 11.6 Å². The minimum atomic E-state index is -3.87. The first-order valence-corrected chi connectivity index (χ1v) is 12.2. The van der Waals surface area contributed by atoms with Crippen molar-refractivity contribution in [2.45, 2.75) is 56.1 Å². The minimum absolute atomic E-state index is 0.00224. The monoisotopic (exact) mass is 477 g/mol. The van der Waals surface area contributed by atoms with E-state index < -0.39 is 15.9 Å². The second-order valence-corrected chi connectivity index (χ2v) is 10.8. The van der Waals surface area contributed by atoms with E-state index in [1.54, 1.807) is 24.3 Å². The summed E-state index contributed by atoms with van der Waals surface area (Å²) in [5, 5.41) is 1.14. The molecule has 2 fully saturated rings. The molecule has 1 aliphatic carbocycles. The van der Waals surface area contributed by atoms with Gasteiger partial charge in [0.1, 0.15) is 23.2 Å². The lowest BCUT2D eigenvalue weighted by atomic mass is 10.1. The van der Waals surface area contributed by atoms with Crippen molar-refractivity contribution in [2.75, 3.05) is 6.61 Å². The summed E-state index contributed by atoms with van der Waals surface area (Å²) in [4.78, 5) is 8.58. The van der Waals surface area contributed by atoms with Gasteiger partial charge >= 0.3 is 0 Å². The van der Waals surface area contributed by atoms with Gasteiger partial charge in [0.15, 0.2) is 5.79 Å². The molecule has 1 saturated carbocycles. The third-order valence-corrected chi connectivity index (χ3v) is 7.71. The summed E-state index contributed by atoms with van der Waals surface area (Å²) >= 11 is 6.22. The molecule has 0 radical (unpaired) electrons. The average molecular weight is 478 g/mol. The van der Waals surface area contributed by atoms with Crippen molar-refractivity contribution in [3.05, 3.63) is 53.6 Å². The van der Waals surface area contributed by atoms with Gasteiger partial charge in [-0.05, 0) is 45.4 Å². The van der Waals surface area contributed by atoms with Crippen LogP contribution in [0, 0.1) is 12.8 Å². The first-order valence-electron chi connectivity index (χ1n) is 10.4. The maximum atomic E-state index is 12.7. The van der Waals surface area contributed by atoms with Crippen LogP contribution in [-0.2, 0) is 23.8 Å². The number of benzene rings is 1. The van der Waals surface area contributed by atoms with E-state index in [1.165, 1.54) is 6.33 Å². The van der Waals surface area contributed by atoms with Crippen LogP contribution in [0.25, 0.3) is 11.0 Å². The summed E-state index contributed by atoms with van der Waals surface area (Å²) in [6, 6.07) is 8.37.